The highest BCUT2D eigenvalue weighted by Gasteiger charge is 2.26. The molecule has 1 aliphatic rings. The SMILES string of the molecule is CCCCCC[C@H]1/C=C\CC[C@@H](OC(C)=O)[C@@H](CC)O1. The lowest BCUT2D eigenvalue weighted by Gasteiger charge is -2.30. The zero-order valence-corrected chi connectivity index (χ0v) is 13.3. The largest absolute Gasteiger partial charge is 0.460 e. The molecule has 3 nitrogen and oxygen atoms in total. The van der Waals surface area contributed by atoms with E-state index in [1.807, 2.05) is 0 Å². The third kappa shape index (κ3) is 6.56. The van der Waals surface area contributed by atoms with E-state index >= 15 is 0 Å². The molecule has 0 saturated heterocycles. The van der Waals surface area contributed by atoms with E-state index in [0.717, 1.165) is 25.7 Å². The second-order valence-electron chi connectivity index (χ2n) is 5.62. The predicted molar refractivity (Wildman–Crippen MR) is 81.6 cm³/mol. The van der Waals surface area contributed by atoms with Gasteiger partial charge in [0.1, 0.15) is 6.10 Å². The summed E-state index contributed by atoms with van der Waals surface area (Å²) in [6.45, 7) is 5.80. The first-order valence-electron chi connectivity index (χ1n) is 8.16. The molecule has 0 unspecified atom stereocenters. The fourth-order valence-corrected chi connectivity index (χ4v) is 2.70. The van der Waals surface area contributed by atoms with Crippen LogP contribution in [0.15, 0.2) is 12.2 Å². The summed E-state index contributed by atoms with van der Waals surface area (Å²) in [6.07, 6.45) is 13.3. The lowest BCUT2D eigenvalue weighted by Crippen LogP contribution is -2.36. The van der Waals surface area contributed by atoms with Crippen molar-refractivity contribution in [3.8, 4) is 0 Å². The summed E-state index contributed by atoms with van der Waals surface area (Å²) in [6, 6.07) is 0. The van der Waals surface area contributed by atoms with Crippen molar-refractivity contribution in [1.82, 2.24) is 0 Å². The minimum Gasteiger partial charge on any atom is -0.460 e. The lowest BCUT2D eigenvalue weighted by atomic mass is 10.0. The van der Waals surface area contributed by atoms with Crippen LogP contribution in [0, 0.1) is 0 Å². The second kappa shape index (κ2) is 9.98. The Balaban J connectivity index is 2.52. The van der Waals surface area contributed by atoms with Gasteiger partial charge in [-0.15, -0.1) is 0 Å². The molecule has 0 aliphatic carbocycles. The van der Waals surface area contributed by atoms with Crippen LogP contribution < -0.4 is 0 Å². The van der Waals surface area contributed by atoms with Crippen LogP contribution in [0.4, 0.5) is 0 Å². The summed E-state index contributed by atoms with van der Waals surface area (Å²) in [5.41, 5.74) is 0. The van der Waals surface area contributed by atoms with Crippen LogP contribution in [0.3, 0.4) is 0 Å². The van der Waals surface area contributed by atoms with Gasteiger partial charge in [-0.2, -0.15) is 0 Å². The molecule has 1 rings (SSSR count). The Bertz CT molecular complexity index is 299. The van der Waals surface area contributed by atoms with Gasteiger partial charge in [0.05, 0.1) is 12.2 Å². The van der Waals surface area contributed by atoms with E-state index in [0.29, 0.717) is 0 Å². The molecule has 0 aromatic carbocycles. The molecule has 0 bridgehead atoms. The standard InChI is InChI=1S/C17H30O3/c1-4-6-7-8-11-15-12-9-10-13-17(19-14(3)18)16(5-2)20-15/h9,12,15-17H,4-8,10-11,13H2,1-3H3/b12-9-/t15-,16+,17+/m0/s1. The van der Waals surface area contributed by atoms with Crippen LogP contribution >= 0.6 is 0 Å². The van der Waals surface area contributed by atoms with E-state index in [4.69, 9.17) is 9.47 Å². The third-order valence-corrected chi connectivity index (χ3v) is 3.79. The normalized spacial score (nSPS) is 28.4. The topological polar surface area (TPSA) is 35.5 Å². The number of carbonyl (C=O) groups is 1. The molecule has 0 aromatic rings. The first-order valence-corrected chi connectivity index (χ1v) is 8.16. The highest BCUT2D eigenvalue weighted by atomic mass is 16.6. The highest BCUT2D eigenvalue weighted by molar-refractivity contribution is 5.66. The van der Waals surface area contributed by atoms with Crippen molar-refractivity contribution in [2.45, 2.75) is 90.4 Å². The van der Waals surface area contributed by atoms with Gasteiger partial charge in [0, 0.05) is 6.92 Å². The van der Waals surface area contributed by atoms with Crippen molar-refractivity contribution in [3.63, 3.8) is 0 Å². The summed E-state index contributed by atoms with van der Waals surface area (Å²) >= 11 is 0. The maximum atomic E-state index is 11.2. The van der Waals surface area contributed by atoms with Gasteiger partial charge in [-0.1, -0.05) is 51.7 Å². The van der Waals surface area contributed by atoms with Gasteiger partial charge in [0.2, 0.25) is 0 Å². The van der Waals surface area contributed by atoms with Crippen LogP contribution in [0.1, 0.15) is 72.1 Å². The molecule has 0 aromatic heterocycles. The Morgan fingerprint density at radius 1 is 1.30 bits per heavy atom. The maximum Gasteiger partial charge on any atom is 0.302 e. The fourth-order valence-electron chi connectivity index (χ4n) is 2.70. The van der Waals surface area contributed by atoms with E-state index in [1.165, 1.54) is 32.6 Å². The minimum atomic E-state index is -0.207. The number of allylic oxidation sites excluding steroid dienone is 1. The summed E-state index contributed by atoms with van der Waals surface area (Å²) in [7, 11) is 0. The summed E-state index contributed by atoms with van der Waals surface area (Å²) in [5, 5.41) is 0. The van der Waals surface area contributed by atoms with Gasteiger partial charge in [0.15, 0.2) is 0 Å². The Morgan fingerprint density at radius 3 is 2.75 bits per heavy atom. The van der Waals surface area contributed by atoms with E-state index in [2.05, 4.69) is 26.0 Å². The van der Waals surface area contributed by atoms with Crippen LogP contribution in [-0.4, -0.2) is 24.3 Å². The molecular formula is C17H30O3. The first kappa shape index (κ1) is 17.2. The number of carbonyl (C=O) groups excluding carboxylic acids is 1. The number of rotatable bonds is 7. The van der Waals surface area contributed by atoms with E-state index in [-0.39, 0.29) is 24.3 Å². The smallest absolute Gasteiger partial charge is 0.302 e. The third-order valence-electron chi connectivity index (χ3n) is 3.79. The molecule has 0 radical (unpaired) electrons. The Hall–Kier alpha value is -0.830. The van der Waals surface area contributed by atoms with Crippen molar-refractivity contribution in [2.75, 3.05) is 0 Å². The van der Waals surface area contributed by atoms with Gasteiger partial charge in [-0.3, -0.25) is 4.79 Å². The number of unbranched alkanes of at least 4 members (excludes halogenated alkanes) is 3. The molecule has 3 heteroatoms. The molecule has 1 heterocycles. The molecule has 116 valence electrons. The second-order valence-corrected chi connectivity index (χ2v) is 5.62. The molecule has 3 atom stereocenters. The van der Waals surface area contributed by atoms with Crippen molar-refractivity contribution in [2.24, 2.45) is 0 Å². The van der Waals surface area contributed by atoms with E-state index in [1.54, 1.807) is 0 Å². The monoisotopic (exact) mass is 282 g/mol. The first-order chi connectivity index (χ1) is 9.67. The predicted octanol–water partition coefficient (Wildman–Crippen LogP) is 4.40. The van der Waals surface area contributed by atoms with Crippen LogP contribution in [0.25, 0.3) is 0 Å². The molecular weight excluding hydrogens is 252 g/mol. The van der Waals surface area contributed by atoms with Crippen LogP contribution in [0.2, 0.25) is 0 Å². The van der Waals surface area contributed by atoms with E-state index in [9.17, 15) is 4.79 Å². The highest BCUT2D eigenvalue weighted by Crippen LogP contribution is 2.22. The molecule has 0 saturated carbocycles. The minimum absolute atomic E-state index is 0.0278. The maximum absolute atomic E-state index is 11.2. The fraction of sp³-hybridized carbons (Fsp3) is 0.824. The van der Waals surface area contributed by atoms with Crippen molar-refractivity contribution < 1.29 is 14.3 Å². The Morgan fingerprint density at radius 2 is 2.10 bits per heavy atom. The molecule has 0 spiro atoms. The summed E-state index contributed by atoms with van der Waals surface area (Å²) in [5.74, 6) is -0.207. The van der Waals surface area contributed by atoms with E-state index < -0.39 is 0 Å². The molecule has 0 N–H and O–H groups in total. The van der Waals surface area contributed by atoms with Crippen molar-refractivity contribution in [3.05, 3.63) is 12.2 Å². The number of hydrogen-bond donors (Lipinski definition) is 0. The quantitative estimate of drug-likeness (QED) is 0.394. The molecule has 20 heavy (non-hydrogen) atoms. The summed E-state index contributed by atoms with van der Waals surface area (Å²) < 4.78 is 11.6. The zero-order valence-electron chi connectivity index (χ0n) is 13.3. The molecule has 1 aliphatic heterocycles. The lowest BCUT2D eigenvalue weighted by molar-refractivity contribution is -0.158. The van der Waals surface area contributed by atoms with Gasteiger partial charge >= 0.3 is 5.97 Å². The number of hydrogen-bond acceptors (Lipinski definition) is 3. The van der Waals surface area contributed by atoms with Gasteiger partial charge in [0.25, 0.3) is 0 Å². The molecule has 0 fully saturated rings. The average Bonchev–Trinajstić information content (AvgIpc) is 2.40. The van der Waals surface area contributed by atoms with Gasteiger partial charge in [-0.05, 0) is 25.7 Å². The number of ether oxygens (including phenoxy) is 2. The average molecular weight is 282 g/mol. The number of esters is 1. The summed E-state index contributed by atoms with van der Waals surface area (Å²) in [4.78, 5) is 11.2. The zero-order chi connectivity index (χ0) is 14.8. The van der Waals surface area contributed by atoms with Crippen LogP contribution in [0.5, 0.6) is 0 Å². The van der Waals surface area contributed by atoms with Gasteiger partial charge < -0.3 is 9.47 Å². The van der Waals surface area contributed by atoms with Gasteiger partial charge in [-0.25, -0.2) is 0 Å². The Kier molecular flexibility index (Phi) is 8.59. The van der Waals surface area contributed by atoms with Crippen molar-refractivity contribution >= 4 is 5.97 Å². The van der Waals surface area contributed by atoms with Crippen molar-refractivity contribution in [1.29, 1.82) is 0 Å². The van der Waals surface area contributed by atoms with Crippen LogP contribution in [-0.2, 0) is 14.3 Å². The molecule has 0 amide bonds. The Labute approximate surface area is 123 Å².